The van der Waals surface area contributed by atoms with Gasteiger partial charge in [-0.05, 0) is 47.4 Å². The van der Waals surface area contributed by atoms with Crippen molar-refractivity contribution in [3.8, 4) is 5.75 Å². The summed E-state index contributed by atoms with van der Waals surface area (Å²) in [5.74, 6) is -0.446. The molecule has 3 rings (SSSR count). The summed E-state index contributed by atoms with van der Waals surface area (Å²) >= 11 is 9.67. The Morgan fingerprint density at radius 3 is 2.29 bits per heavy atom. The maximum atomic E-state index is 14.2. The third-order valence-corrected chi connectivity index (χ3v) is 8.14. The number of sulfonamides is 1. The molecule has 41 heavy (non-hydrogen) atoms. The third kappa shape index (κ3) is 9.48. The molecule has 0 radical (unpaired) electrons. The van der Waals surface area contributed by atoms with E-state index in [4.69, 9.17) is 16.3 Å². The van der Waals surface area contributed by atoms with Gasteiger partial charge in [-0.3, -0.25) is 13.9 Å². The van der Waals surface area contributed by atoms with Gasteiger partial charge in [0.25, 0.3) is 0 Å². The quantitative estimate of drug-likeness (QED) is 0.268. The largest absolute Gasteiger partial charge is 0.495 e. The summed E-state index contributed by atoms with van der Waals surface area (Å²) in [5.41, 5.74) is 1.76. The summed E-state index contributed by atoms with van der Waals surface area (Å²) in [7, 11) is -2.56. The van der Waals surface area contributed by atoms with E-state index in [2.05, 4.69) is 21.2 Å². The van der Waals surface area contributed by atoms with E-state index < -0.39 is 28.5 Å². The van der Waals surface area contributed by atoms with Crippen molar-refractivity contribution in [2.24, 2.45) is 5.92 Å². The van der Waals surface area contributed by atoms with Crippen LogP contribution in [0.2, 0.25) is 5.02 Å². The van der Waals surface area contributed by atoms with E-state index in [9.17, 15) is 18.0 Å². The van der Waals surface area contributed by atoms with Crippen LogP contribution in [-0.4, -0.2) is 57.6 Å². The highest BCUT2D eigenvalue weighted by Crippen LogP contribution is 2.33. The number of carbonyl (C=O) groups is 2. The first-order valence-corrected chi connectivity index (χ1v) is 16.1. The fourth-order valence-corrected chi connectivity index (χ4v) is 5.72. The normalized spacial score (nSPS) is 12.1. The first-order chi connectivity index (χ1) is 19.4. The van der Waals surface area contributed by atoms with Crippen LogP contribution in [-0.2, 0) is 32.6 Å². The molecule has 8 nitrogen and oxygen atoms in total. The molecule has 0 aliphatic rings. The van der Waals surface area contributed by atoms with Gasteiger partial charge >= 0.3 is 0 Å². The molecular weight excluding hydrogens is 630 g/mol. The molecule has 0 saturated carbocycles. The van der Waals surface area contributed by atoms with Crippen molar-refractivity contribution in [3.63, 3.8) is 0 Å². The zero-order valence-corrected chi connectivity index (χ0v) is 26.7. The number of amides is 2. The topological polar surface area (TPSA) is 96.0 Å². The van der Waals surface area contributed by atoms with Crippen LogP contribution < -0.4 is 14.4 Å². The number of methoxy groups -OCH3 is 1. The van der Waals surface area contributed by atoms with E-state index >= 15 is 0 Å². The summed E-state index contributed by atoms with van der Waals surface area (Å²) in [4.78, 5) is 29.3. The van der Waals surface area contributed by atoms with E-state index in [0.29, 0.717) is 6.54 Å². The van der Waals surface area contributed by atoms with Gasteiger partial charge < -0.3 is 15.0 Å². The number of nitrogens with zero attached hydrogens (tertiary/aromatic N) is 2. The Morgan fingerprint density at radius 2 is 1.68 bits per heavy atom. The van der Waals surface area contributed by atoms with Crippen LogP contribution >= 0.6 is 27.5 Å². The molecule has 1 N–H and O–H groups in total. The van der Waals surface area contributed by atoms with Gasteiger partial charge in [0.1, 0.15) is 18.3 Å². The van der Waals surface area contributed by atoms with Crippen molar-refractivity contribution in [3.05, 3.63) is 93.4 Å². The van der Waals surface area contributed by atoms with E-state index in [1.54, 1.807) is 6.07 Å². The minimum Gasteiger partial charge on any atom is -0.495 e. The smallest absolute Gasteiger partial charge is 0.244 e. The number of ether oxygens (including phenoxy) is 1. The maximum Gasteiger partial charge on any atom is 0.244 e. The molecule has 0 saturated heterocycles. The van der Waals surface area contributed by atoms with Crippen molar-refractivity contribution in [2.75, 3.05) is 30.8 Å². The Hall–Kier alpha value is -3.08. The van der Waals surface area contributed by atoms with E-state index in [0.717, 1.165) is 26.2 Å². The molecule has 0 bridgehead atoms. The molecule has 3 aromatic carbocycles. The van der Waals surface area contributed by atoms with Crippen molar-refractivity contribution in [1.29, 1.82) is 0 Å². The average molecular weight is 665 g/mol. The number of anilines is 1. The van der Waals surface area contributed by atoms with Crippen molar-refractivity contribution < 1.29 is 22.7 Å². The summed E-state index contributed by atoms with van der Waals surface area (Å²) < 4.78 is 33.2. The minimum absolute atomic E-state index is 0.0785. The molecule has 220 valence electrons. The van der Waals surface area contributed by atoms with Crippen LogP contribution in [0, 0.1) is 5.92 Å². The zero-order chi connectivity index (χ0) is 30.2. The molecule has 0 spiro atoms. The van der Waals surface area contributed by atoms with E-state index in [1.807, 2.05) is 68.4 Å². The Bertz CT molecular complexity index is 1450. The second-order valence-corrected chi connectivity index (χ2v) is 13.3. The lowest BCUT2D eigenvalue weighted by Crippen LogP contribution is -2.53. The van der Waals surface area contributed by atoms with Crippen LogP contribution in [0.5, 0.6) is 5.75 Å². The van der Waals surface area contributed by atoms with E-state index in [1.165, 1.54) is 24.1 Å². The van der Waals surface area contributed by atoms with Crippen molar-refractivity contribution >= 4 is 55.1 Å². The summed E-state index contributed by atoms with van der Waals surface area (Å²) in [6.45, 7) is 3.91. The van der Waals surface area contributed by atoms with Gasteiger partial charge in [-0.25, -0.2) is 8.42 Å². The van der Waals surface area contributed by atoms with Gasteiger partial charge in [0.15, 0.2) is 0 Å². The highest BCUT2D eigenvalue weighted by molar-refractivity contribution is 9.10. The Labute approximate surface area is 255 Å². The Balaban J connectivity index is 2.09. The lowest BCUT2D eigenvalue weighted by Gasteiger charge is -2.34. The molecule has 3 aromatic rings. The van der Waals surface area contributed by atoms with E-state index in [-0.39, 0.29) is 41.3 Å². The van der Waals surface area contributed by atoms with Gasteiger partial charge in [0.2, 0.25) is 21.8 Å². The molecule has 0 aliphatic carbocycles. The number of hydrogen-bond acceptors (Lipinski definition) is 5. The van der Waals surface area contributed by atoms with Crippen LogP contribution in [0.4, 0.5) is 5.69 Å². The van der Waals surface area contributed by atoms with Crippen LogP contribution in [0.25, 0.3) is 0 Å². The number of benzene rings is 3. The second-order valence-electron chi connectivity index (χ2n) is 10.1. The second kappa shape index (κ2) is 14.7. The fourth-order valence-electron chi connectivity index (χ4n) is 4.26. The van der Waals surface area contributed by atoms with Gasteiger partial charge in [-0.15, -0.1) is 0 Å². The first-order valence-electron chi connectivity index (χ1n) is 13.1. The number of halogens is 2. The number of carbonyl (C=O) groups excluding carboxylic acids is 2. The predicted molar refractivity (Wildman–Crippen MR) is 167 cm³/mol. The fraction of sp³-hybridized carbons (Fsp3) is 0.333. The monoisotopic (exact) mass is 663 g/mol. The molecular formula is C30H35BrClN3O5S. The van der Waals surface area contributed by atoms with Crippen LogP contribution in [0.15, 0.2) is 77.3 Å². The average Bonchev–Trinajstić information content (AvgIpc) is 2.92. The summed E-state index contributed by atoms with van der Waals surface area (Å²) in [6.07, 6.45) is 1.25. The Morgan fingerprint density at radius 1 is 1.00 bits per heavy atom. The molecule has 11 heteroatoms. The summed E-state index contributed by atoms with van der Waals surface area (Å²) in [5, 5.41) is 3.25. The molecule has 1 atom stereocenters. The lowest BCUT2D eigenvalue weighted by atomic mass is 10.0. The molecule has 0 fully saturated rings. The highest BCUT2D eigenvalue weighted by Gasteiger charge is 2.33. The number of hydrogen-bond donors (Lipinski definition) is 1. The zero-order valence-electron chi connectivity index (χ0n) is 23.5. The van der Waals surface area contributed by atoms with Gasteiger partial charge in [-0.2, -0.15) is 0 Å². The lowest BCUT2D eigenvalue weighted by molar-refractivity contribution is -0.140. The maximum absolute atomic E-state index is 14.2. The SMILES string of the molecule is COc1ccc(Cl)cc1N(CC(=O)N(Cc1cccc(Br)c1)C(Cc1ccccc1)C(=O)NCC(C)C)S(C)(=O)=O. The summed E-state index contributed by atoms with van der Waals surface area (Å²) in [6, 6.07) is 20.5. The first kappa shape index (κ1) is 32.4. The number of rotatable bonds is 13. The predicted octanol–water partition coefficient (Wildman–Crippen LogP) is 5.29. The Kier molecular flexibility index (Phi) is 11.6. The molecule has 0 heterocycles. The molecule has 0 aromatic heterocycles. The third-order valence-electron chi connectivity index (χ3n) is 6.29. The van der Waals surface area contributed by atoms with Crippen LogP contribution in [0.3, 0.4) is 0 Å². The molecule has 2 amide bonds. The van der Waals surface area contributed by atoms with Crippen LogP contribution in [0.1, 0.15) is 25.0 Å². The number of nitrogens with one attached hydrogen (secondary N) is 1. The molecule has 1 unspecified atom stereocenters. The van der Waals surface area contributed by atoms with Gasteiger partial charge in [-0.1, -0.05) is 83.8 Å². The van der Waals surface area contributed by atoms with Crippen molar-refractivity contribution in [1.82, 2.24) is 10.2 Å². The van der Waals surface area contributed by atoms with Gasteiger partial charge in [0, 0.05) is 29.0 Å². The standard InChI is InChI=1S/C30H35BrClN3O5S/c1-21(2)18-33-30(37)27(16-22-9-6-5-7-10-22)34(19-23-11-8-12-24(31)15-23)29(36)20-35(41(4,38)39)26-17-25(32)13-14-28(26)40-3/h5-15,17,21,27H,16,18-20H2,1-4H3,(H,33,37). The minimum atomic E-state index is -3.96. The van der Waals surface area contributed by atoms with Gasteiger partial charge in [0.05, 0.1) is 19.1 Å². The van der Waals surface area contributed by atoms with Crippen molar-refractivity contribution in [2.45, 2.75) is 32.9 Å². The molecule has 0 aliphatic heterocycles. The highest BCUT2D eigenvalue weighted by atomic mass is 79.9.